The Hall–Kier alpha value is -0.580. The first kappa shape index (κ1) is 15.8. The summed E-state index contributed by atoms with van der Waals surface area (Å²) in [5, 5.41) is 13.9. The number of phenolic OH excluding ortho intramolecular Hbond substituents is 1. The van der Waals surface area contributed by atoms with Crippen molar-refractivity contribution in [3.63, 3.8) is 0 Å². The minimum atomic E-state index is 0.299. The highest BCUT2D eigenvalue weighted by Crippen LogP contribution is 2.37. The van der Waals surface area contributed by atoms with Crippen LogP contribution in [0.25, 0.3) is 0 Å². The maximum absolute atomic E-state index is 10.5. The number of piperazine rings is 1. The van der Waals surface area contributed by atoms with Crippen LogP contribution in [0.3, 0.4) is 0 Å². The Morgan fingerprint density at radius 3 is 2.55 bits per heavy atom. The number of rotatable bonds is 4. The standard InChI is InChI=1S/C16H25BrN2O/c1-11(2)8-15(19-6-4-18-5-7-19)14-10-13(17)9-12(3)16(14)20/h9-11,15,18,20H,4-8H2,1-3H3/t15-/m1/s1. The summed E-state index contributed by atoms with van der Waals surface area (Å²) < 4.78 is 1.05. The van der Waals surface area contributed by atoms with Crippen molar-refractivity contribution in [1.82, 2.24) is 10.2 Å². The van der Waals surface area contributed by atoms with Crippen LogP contribution >= 0.6 is 15.9 Å². The summed E-state index contributed by atoms with van der Waals surface area (Å²) in [6.07, 6.45) is 1.07. The molecule has 1 aliphatic heterocycles. The van der Waals surface area contributed by atoms with Crippen molar-refractivity contribution in [2.45, 2.75) is 33.2 Å². The third-order valence-electron chi connectivity index (χ3n) is 3.94. The highest BCUT2D eigenvalue weighted by Gasteiger charge is 2.26. The zero-order valence-electron chi connectivity index (χ0n) is 12.6. The number of aryl methyl sites for hydroxylation is 1. The lowest BCUT2D eigenvalue weighted by atomic mass is 9.93. The Labute approximate surface area is 130 Å². The number of halogens is 1. The van der Waals surface area contributed by atoms with Crippen LogP contribution in [-0.2, 0) is 0 Å². The fourth-order valence-electron chi connectivity index (χ4n) is 2.93. The van der Waals surface area contributed by atoms with E-state index in [1.807, 2.05) is 13.0 Å². The van der Waals surface area contributed by atoms with Crippen LogP contribution in [0, 0.1) is 12.8 Å². The zero-order chi connectivity index (χ0) is 14.7. The van der Waals surface area contributed by atoms with E-state index in [4.69, 9.17) is 0 Å². The second-order valence-corrected chi connectivity index (χ2v) is 7.01. The molecular formula is C16H25BrN2O. The van der Waals surface area contributed by atoms with Crippen molar-refractivity contribution in [3.05, 3.63) is 27.7 Å². The van der Waals surface area contributed by atoms with Gasteiger partial charge in [0, 0.05) is 42.3 Å². The first-order chi connectivity index (χ1) is 9.49. The second kappa shape index (κ2) is 6.92. The molecule has 2 rings (SSSR count). The summed E-state index contributed by atoms with van der Waals surface area (Å²) in [5.74, 6) is 1.06. The molecule has 0 unspecified atom stereocenters. The van der Waals surface area contributed by atoms with Crippen molar-refractivity contribution >= 4 is 15.9 Å². The van der Waals surface area contributed by atoms with Gasteiger partial charge in [0.1, 0.15) is 5.75 Å². The van der Waals surface area contributed by atoms with Gasteiger partial charge in [-0.15, -0.1) is 0 Å². The largest absolute Gasteiger partial charge is 0.507 e. The molecule has 20 heavy (non-hydrogen) atoms. The van der Waals surface area contributed by atoms with E-state index >= 15 is 0 Å². The number of aromatic hydroxyl groups is 1. The predicted molar refractivity (Wildman–Crippen MR) is 87.2 cm³/mol. The Bertz CT molecular complexity index is 456. The molecule has 3 nitrogen and oxygen atoms in total. The fourth-order valence-corrected chi connectivity index (χ4v) is 3.52. The molecule has 1 heterocycles. The first-order valence-corrected chi connectivity index (χ1v) is 8.22. The van der Waals surface area contributed by atoms with E-state index in [1.54, 1.807) is 0 Å². The van der Waals surface area contributed by atoms with Gasteiger partial charge >= 0.3 is 0 Å². The highest BCUT2D eigenvalue weighted by molar-refractivity contribution is 9.10. The molecular weight excluding hydrogens is 316 g/mol. The minimum absolute atomic E-state index is 0.299. The predicted octanol–water partition coefficient (Wildman–Crippen LogP) is 3.46. The minimum Gasteiger partial charge on any atom is -0.507 e. The van der Waals surface area contributed by atoms with Gasteiger partial charge in [0.05, 0.1) is 0 Å². The Kier molecular flexibility index (Phi) is 5.47. The monoisotopic (exact) mass is 340 g/mol. The average Bonchev–Trinajstić information content (AvgIpc) is 2.41. The number of nitrogens with one attached hydrogen (secondary N) is 1. The number of phenols is 1. The molecule has 0 aromatic heterocycles. The van der Waals surface area contributed by atoms with Gasteiger partial charge in [0.15, 0.2) is 0 Å². The van der Waals surface area contributed by atoms with E-state index < -0.39 is 0 Å². The first-order valence-electron chi connectivity index (χ1n) is 7.42. The van der Waals surface area contributed by atoms with E-state index in [-0.39, 0.29) is 0 Å². The van der Waals surface area contributed by atoms with Crippen LogP contribution in [0.5, 0.6) is 5.75 Å². The molecule has 2 N–H and O–H groups in total. The summed E-state index contributed by atoms with van der Waals surface area (Å²) in [5.41, 5.74) is 2.01. The highest BCUT2D eigenvalue weighted by atomic mass is 79.9. The Balaban J connectivity index is 2.34. The van der Waals surface area contributed by atoms with Crippen molar-refractivity contribution in [1.29, 1.82) is 0 Å². The van der Waals surface area contributed by atoms with Crippen molar-refractivity contribution in [2.75, 3.05) is 26.2 Å². The third kappa shape index (κ3) is 3.74. The quantitative estimate of drug-likeness (QED) is 0.880. The van der Waals surface area contributed by atoms with Crippen LogP contribution in [0.2, 0.25) is 0 Å². The SMILES string of the molecule is Cc1cc(Br)cc([C@@H](CC(C)C)N2CCNCC2)c1O. The third-order valence-corrected chi connectivity index (χ3v) is 4.40. The number of nitrogens with zero attached hydrogens (tertiary/aromatic N) is 1. The zero-order valence-corrected chi connectivity index (χ0v) is 14.2. The van der Waals surface area contributed by atoms with Crippen LogP contribution < -0.4 is 5.32 Å². The van der Waals surface area contributed by atoms with Gasteiger partial charge in [-0.05, 0) is 37.0 Å². The molecule has 0 radical (unpaired) electrons. The van der Waals surface area contributed by atoms with Crippen LogP contribution in [0.1, 0.15) is 37.4 Å². The smallest absolute Gasteiger partial charge is 0.123 e. The molecule has 0 aliphatic carbocycles. The van der Waals surface area contributed by atoms with E-state index in [2.05, 4.69) is 46.1 Å². The molecule has 0 bridgehead atoms. The molecule has 112 valence electrons. The van der Waals surface area contributed by atoms with Crippen LogP contribution in [-0.4, -0.2) is 36.2 Å². The Morgan fingerprint density at radius 1 is 1.30 bits per heavy atom. The molecule has 1 aliphatic rings. The maximum Gasteiger partial charge on any atom is 0.123 e. The lowest BCUT2D eigenvalue weighted by Gasteiger charge is -2.36. The summed E-state index contributed by atoms with van der Waals surface area (Å²) >= 11 is 3.56. The fraction of sp³-hybridized carbons (Fsp3) is 0.625. The lowest BCUT2D eigenvalue weighted by Crippen LogP contribution is -2.45. The molecule has 1 saturated heterocycles. The van der Waals surface area contributed by atoms with Gasteiger partial charge in [0.2, 0.25) is 0 Å². The van der Waals surface area contributed by atoms with Gasteiger partial charge in [-0.3, -0.25) is 4.90 Å². The van der Waals surface area contributed by atoms with Crippen molar-refractivity contribution < 1.29 is 5.11 Å². The summed E-state index contributed by atoms with van der Waals surface area (Å²) in [6, 6.07) is 4.36. The van der Waals surface area contributed by atoms with E-state index in [1.165, 1.54) is 0 Å². The second-order valence-electron chi connectivity index (χ2n) is 6.09. The van der Waals surface area contributed by atoms with Gasteiger partial charge in [-0.1, -0.05) is 29.8 Å². The van der Waals surface area contributed by atoms with Crippen molar-refractivity contribution in [2.24, 2.45) is 5.92 Å². The number of hydrogen-bond acceptors (Lipinski definition) is 3. The summed E-state index contributed by atoms with van der Waals surface area (Å²) in [6.45, 7) is 10.6. The molecule has 0 spiro atoms. The molecule has 1 aromatic rings. The van der Waals surface area contributed by atoms with Gasteiger partial charge < -0.3 is 10.4 Å². The van der Waals surface area contributed by atoms with E-state index in [0.29, 0.717) is 17.7 Å². The molecule has 1 atom stereocenters. The van der Waals surface area contributed by atoms with Gasteiger partial charge in [-0.25, -0.2) is 0 Å². The average molecular weight is 341 g/mol. The maximum atomic E-state index is 10.5. The normalized spacial score (nSPS) is 18.4. The summed E-state index contributed by atoms with van der Waals surface area (Å²) in [7, 11) is 0. The lowest BCUT2D eigenvalue weighted by molar-refractivity contribution is 0.151. The molecule has 0 amide bonds. The number of hydrogen-bond donors (Lipinski definition) is 2. The molecule has 4 heteroatoms. The topological polar surface area (TPSA) is 35.5 Å². The molecule has 1 aromatic carbocycles. The molecule has 1 fully saturated rings. The van der Waals surface area contributed by atoms with E-state index in [9.17, 15) is 5.11 Å². The molecule has 0 saturated carbocycles. The number of benzene rings is 1. The van der Waals surface area contributed by atoms with E-state index in [0.717, 1.165) is 48.2 Å². The van der Waals surface area contributed by atoms with Gasteiger partial charge in [0.25, 0.3) is 0 Å². The Morgan fingerprint density at radius 2 is 1.95 bits per heavy atom. The van der Waals surface area contributed by atoms with Crippen LogP contribution in [0.4, 0.5) is 0 Å². The van der Waals surface area contributed by atoms with Crippen LogP contribution in [0.15, 0.2) is 16.6 Å². The van der Waals surface area contributed by atoms with Crippen molar-refractivity contribution in [3.8, 4) is 5.75 Å². The van der Waals surface area contributed by atoms with Gasteiger partial charge in [-0.2, -0.15) is 0 Å². The summed E-state index contributed by atoms with van der Waals surface area (Å²) in [4.78, 5) is 2.50.